The Bertz CT molecular complexity index is 1260. The van der Waals surface area contributed by atoms with Gasteiger partial charge in [0, 0.05) is 24.4 Å². The van der Waals surface area contributed by atoms with E-state index in [0.717, 1.165) is 11.0 Å². The minimum atomic E-state index is -5.99. The average molecular weight is 621 g/mol. The minimum absolute atomic E-state index is 0.0288. The summed E-state index contributed by atoms with van der Waals surface area (Å²) in [5, 5.41) is 12.6. The van der Waals surface area contributed by atoms with Crippen LogP contribution in [0.15, 0.2) is 41.9 Å². The highest BCUT2D eigenvalue weighted by atomic mass is 19.4. The molecule has 8 nitrogen and oxygen atoms in total. The molecule has 2 unspecified atom stereocenters. The number of rotatable bonds is 11. The molecule has 0 spiro atoms. The molecule has 3 amide bonds. The Hall–Kier alpha value is -3.42. The van der Waals surface area contributed by atoms with Gasteiger partial charge < -0.3 is 24.6 Å². The number of urea groups is 1. The molecule has 2 aliphatic heterocycles. The molecule has 2 atom stereocenters. The monoisotopic (exact) mass is 620 g/mol. The van der Waals surface area contributed by atoms with Gasteiger partial charge in [0.15, 0.2) is 5.76 Å². The summed E-state index contributed by atoms with van der Waals surface area (Å²) >= 11 is 0. The predicted molar refractivity (Wildman–Crippen MR) is 141 cm³/mol. The number of benzene rings is 1. The van der Waals surface area contributed by atoms with E-state index >= 15 is 0 Å². The van der Waals surface area contributed by atoms with Gasteiger partial charge in [0.1, 0.15) is 30.3 Å². The molecule has 238 valence electrons. The van der Waals surface area contributed by atoms with Crippen molar-refractivity contribution in [3.63, 3.8) is 0 Å². The van der Waals surface area contributed by atoms with Gasteiger partial charge in [0.05, 0.1) is 6.61 Å². The number of carbonyl (C=O) groups excluding carboxylic acids is 2. The van der Waals surface area contributed by atoms with Crippen molar-refractivity contribution in [1.29, 1.82) is 0 Å². The number of alkyl halides is 6. The number of allylic oxidation sites excluding steroid dienone is 2. The Morgan fingerprint density at radius 3 is 2.42 bits per heavy atom. The number of hydrogen-bond acceptors (Lipinski definition) is 6. The van der Waals surface area contributed by atoms with E-state index in [4.69, 9.17) is 14.2 Å². The first-order valence-electron chi connectivity index (χ1n) is 14.1. The molecule has 1 saturated heterocycles. The Balaban J connectivity index is 1.37. The summed E-state index contributed by atoms with van der Waals surface area (Å²) in [5.41, 5.74) is -7.43. The van der Waals surface area contributed by atoms with Crippen LogP contribution in [0.1, 0.15) is 57.1 Å². The highest BCUT2D eigenvalue weighted by molar-refractivity contribution is 6.07. The summed E-state index contributed by atoms with van der Waals surface area (Å²) in [6.45, 7) is 4.46. The second-order valence-corrected chi connectivity index (χ2v) is 10.7. The number of nitrogens with zero attached hydrogens (tertiary/aromatic N) is 1. The van der Waals surface area contributed by atoms with E-state index in [2.05, 4.69) is 5.32 Å². The van der Waals surface area contributed by atoms with Gasteiger partial charge in [-0.1, -0.05) is 32.4 Å². The number of amides is 3. The highest BCUT2D eigenvalue weighted by Crippen LogP contribution is 2.50. The van der Waals surface area contributed by atoms with Gasteiger partial charge >= 0.3 is 18.4 Å². The van der Waals surface area contributed by atoms with Crippen molar-refractivity contribution in [3.05, 3.63) is 53.0 Å². The van der Waals surface area contributed by atoms with Crippen molar-refractivity contribution in [1.82, 2.24) is 10.2 Å². The van der Waals surface area contributed by atoms with Crippen LogP contribution < -0.4 is 10.1 Å². The lowest BCUT2D eigenvalue weighted by Crippen LogP contribution is -2.53. The molecule has 0 bridgehead atoms. The third kappa shape index (κ3) is 6.02. The molecule has 4 rings (SSSR count). The number of halogens is 6. The van der Waals surface area contributed by atoms with Crippen molar-refractivity contribution >= 4 is 11.9 Å². The molecule has 0 aromatic heterocycles. The van der Waals surface area contributed by atoms with Crippen LogP contribution in [0.2, 0.25) is 0 Å². The summed E-state index contributed by atoms with van der Waals surface area (Å²) < 4.78 is 97.0. The number of carbonyl (C=O) groups is 2. The molecule has 1 aromatic rings. The molecule has 2 heterocycles. The van der Waals surface area contributed by atoms with E-state index in [1.807, 2.05) is 13.0 Å². The van der Waals surface area contributed by atoms with E-state index in [-0.39, 0.29) is 42.7 Å². The van der Waals surface area contributed by atoms with Crippen LogP contribution in [0.25, 0.3) is 0 Å². The topological polar surface area (TPSA) is 97.3 Å². The zero-order valence-corrected chi connectivity index (χ0v) is 23.7. The van der Waals surface area contributed by atoms with Gasteiger partial charge in [-0.15, -0.1) is 0 Å². The second kappa shape index (κ2) is 12.3. The van der Waals surface area contributed by atoms with Crippen LogP contribution in [0, 0.1) is 5.92 Å². The first kappa shape index (κ1) is 32.5. The number of unbranched alkanes of at least 4 members (excludes halogenated alkanes) is 1. The lowest BCUT2D eigenvalue weighted by molar-refractivity contribution is -0.376. The summed E-state index contributed by atoms with van der Waals surface area (Å²) in [4.78, 5) is 27.5. The van der Waals surface area contributed by atoms with E-state index in [1.54, 1.807) is 13.0 Å². The molecule has 0 radical (unpaired) electrons. The SMILES string of the molecule is CCCc1cc(C(O)(C(F)(F)F)C(F)(F)F)ccc1OCCCCN1C(=O)NC(CC)(C2C=CC3=C(C2)OCCO3)C1=O. The fourth-order valence-electron chi connectivity index (χ4n) is 5.63. The average Bonchev–Trinajstić information content (AvgIpc) is 3.21. The summed E-state index contributed by atoms with van der Waals surface area (Å²) in [6, 6.07) is 1.68. The van der Waals surface area contributed by atoms with Crippen molar-refractivity contribution in [2.75, 3.05) is 26.4 Å². The van der Waals surface area contributed by atoms with Crippen LogP contribution in [-0.4, -0.2) is 66.2 Å². The second-order valence-electron chi connectivity index (χ2n) is 10.7. The summed E-state index contributed by atoms with van der Waals surface area (Å²) in [5.74, 6) is 0.648. The molecular formula is C29H34F6N2O6. The Kier molecular flexibility index (Phi) is 9.29. The lowest BCUT2D eigenvalue weighted by atomic mass is 9.77. The van der Waals surface area contributed by atoms with Gasteiger partial charge in [0.2, 0.25) is 0 Å². The van der Waals surface area contributed by atoms with Crippen LogP contribution in [0.3, 0.4) is 0 Å². The number of hydrogen-bond donors (Lipinski definition) is 2. The molecular weight excluding hydrogens is 586 g/mol. The molecule has 1 fully saturated rings. The maximum absolute atomic E-state index is 13.5. The fraction of sp³-hybridized carbons (Fsp3) is 0.586. The van der Waals surface area contributed by atoms with Gasteiger partial charge in [-0.3, -0.25) is 9.69 Å². The number of nitrogens with one attached hydrogen (secondary N) is 1. The van der Waals surface area contributed by atoms with Gasteiger partial charge in [-0.25, -0.2) is 4.79 Å². The maximum Gasteiger partial charge on any atom is 0.430 e. The maximum atomic E-state index is 13.5. The zero-order valence-electron chi connectivity index (χ0n) is 23.7. The fourth-order valence-corrected chi connectivity index (χ4v) is 5.63. The Morgan fingerprint density at radius 1 is 1.07 bits per heavy atom. The van der Waals surface area contributed by atoms with Gasteiger partial charge in [-0.2, -0.15) is 26.3 Å². The van der Waals surface area contributed by atoms with Gasteiger partial charge in [-0.05, 0) is 49.5 Å². The molecule has 14 heteroatoms. The largest absolute Gasteiger partial charge is 0.493 e. The smallest absolute Gasteiger partial charge is 0.430 e. The van der Waals surface area contributed by atoms with Crippen molar-refractivity contribution in [3.8, 4) is 5.75 Å². The number of aryl methyl sites for hydroxylation is 1. The standard InChI is InChI=1S/C29H34F6N2O6/c1-3-7-18-16-20(27(40,28(30,31)32)29(33,34)35)9-10-21(18)41-13-6-5-12-37-24(38)26(4-2,36-25(37)39)19-8-11-22-23(17-19)43-15-14-42-22/h8-11,16,19,40H,3-7,12-15,17H2,1-2H3,(H,36,39). The zero-order chi connectivity index (χ0) is 31.6. The van der Waals surface area contributed by atoms with E-state index in [0.29, 0.717) is 69.0 Å². The molecule has 1 aromatic carbocycles. The van der Waals surface area contributed by atoms with Crippen LogP contribution in [0.4, 0.5) is 31.1 Å². The quantitative estimate of drug-likeness (QED) is 0.189. The molecule has 43 heavy (non-hydrogen) atoms. The third-order valence-corrected chi connectivity index (χ3v) is 8.02. The van der Waals surface area contributed by atoms with E-state index in [1.165, 1.54) is 0 Å². The number of aliphatic hydroxyl groups is 1. The first-order valence-corrected chi connectivity index (χ1v) is 14.1. The number of ether oxygens (including phenoxy) is 3. The summed E-state index contributed by atoms with van der Waals surface area (Å²) in [6.07, 6.45) is -6.44. The van der Waals surface area contributed by atoms with Gasteiger partial charge in [0.25, 0.3) is 11.5 Å². The molecule has 2 N–H and O–H groups in total. The Morgan fingerprint density at radius 2 is 1.77 bits per heavy atom. The lowest BCUT2D eigenvalue weighted by Gasteiger charge is -2.36. The van der Waals surface area contributed by atoms with Crippen molar-refractivity contribution in [2.45, 2.75) is 75.9 Å². The third-order valence-electron chi connectivity index (χ3n) is 8.02. The minimum Gasteiger partial charge on any atom is -0.493 e. The molecule has 3 aliphatic rings. The normalized spacial score (nSPS) is 22.7. The van der Waals surface area contributed by atoms with E-state index < -0.39 is 35.1 Å². The number of imide groups is 1. The summed E-state index contributed by atoms with van der Waals surface area (Å²) in [7, 11) is 0. The van der Waals surface area contributed by atoms with Crippen molar-refractivity contribution < 1.29 is 55.2 Å². The van der Waals surface area contributed by atoms with Crippen LogP contribution in [0.5, 0.6) is 5.75 Å². The first-order chi connectivity index (χ1) is 20.2. The van der Waals surface area contributed by atoms with Crippen LogP contribution in [-0.2, 0) is 26.3 Å². The Labute approximate surface area is 244 Å². The van der Waals surface area contributed by atoms with E-state index in [9.17, 15) is 41.0 Å². The predicted octanol–water partition coefficient (Wildman–Crippen LogP) is 5.65. The van der Waals surface area contributed by atoms with Crippen molar-refractivity contribution in [2.24, 2.45) is 5.92 Å². The van der Waals surface area contributed by atoms with Crippen LogP contribution >= 0.6 is 0 Å². The highest BCUT2D eigenvalue weighted by Gasteiger charge is 2.71. The molecule has 0 saturated carbocycles. The molecule has 1 aliphatic carbocycles.